The van der Waals surface area contributed by atoms with Gasteiger partial charge < -0.3 is 10.1 Å². The lowest BCUT2D eigenvalue weighted by Gasteiger charge is -2.13. The van der Waals surface area contributed by atoms with E-state index in [4.69, 9.17) is 5.26 Å². The second-order valence-corrected chi connectivity index (χ2v) is 2.62. The highest BCUT2D eigenvalue weighted by molar-refractivity contribution is 5.95. The number of rotatable bonds is 3. The van der Waals surface area contributed by atoms with Crippen molar-refractivity contribution in [3.05, 3.63) is 30.3 Å². The number of aldehydes is 1. The molecule has 0 bridgehead atoms. The Morgan fingerprint density at radius 3 is 2.67 bits per heavy atom. The Morgan fingerprint density at radius 2 is 2.13 bits per heavy atom. The van der Waals surface area contributed by atoms with Gasteiger partial charge in [0, 0.05) is 0 Å². The summed E-state index contributed by atoms with van der Waals surface area (Å²) in [5, 5.41) is 11.1. The van der Waals surface area contributed by atoms with Crippen molar-refractivity contribution in [2.24, 2.45) is 0 Å². The fourth-order valence-electron chi connectivity index (χ4n) is 1.01. The molecule has 0 aliphatic carbocycles. The van der Waals surface area contributed by atoms with Crippen molar-refractivity contribution >= 4 is 18.0 Å². The molecule has 5 nitrogen and oxygen atoms in total. The number of carbonyl (C=O) groups excluding carboxylic acids is 2. The van der Waals surface area contributed by atoms with Crippen LogP contribution < -0.4 is 10.2 Å². The van der Waals surface area contributed by atoms with Crippen LogP contribution in [0.1, 0.15) is 0 Å². The molecular weight excluding hydrogens is 194 g/mol. The van der Waals surface area contributed by atoms with Crippen LogP contribution in [0, 0.1) is 11.5 Å². The molecule has 1 aromatic carbocycles. The largest absolute Gasteiger partial charge is 0.335 e. The van der Waals surface area contributed by atoms with Gasteiger partial charge >= 0.3 is 6.03 Å². The lowest BCUT2D eigenvalue weighted by Crippen LogP contribution is -2.37. The summed E-state index contributed by atoms with van der Waals surface area (Å²) in [6.45, 7) is -0.107. The topological polar surface area (TPSA) is 73.2 Å². The van der Waals surface area contributed by atoms with Crippen LogP contribution in [0.25, 0.3) is 0 Å². The van der Waals surface area contributed by atoms with Crippen LogP contribution in [-0.4, -0.2) is 18.9 Å². The zero-order valence-electron chi connectivity index (χ0n) is 7.88. The first kappa shape index (κ1) is 10.7. The van der Waals surface area contributed by atoms with Crippen LogP contribution >= 0.6 is 0 Å². The molecule has 76 valence electrons. The van der Waals surface area contributed by atoms with E-state index >= 15 is 0 Å². The van der Waals surface area contributed by atoms with Crippen molar-refractivity contribution in [1.82, 2.24) is 5.32 Å². The number of anilines is 1. The maximum Gasteiger partial charge on any atom is 0.335 e. The minimum absolute atomic E-state index is 0.107. The van der Waals surface area contributed by atoms with E-state index in [1.54, 1.807) is 36.5 Å². The Bertz CT molecular complexity index is 383. The molecule has 1 rings (SSSR count). The monoisotopic (exact) mass is 203 g/mol. The number of nitrogens with one attached hydrogen (secondary N) is 1. The molecule has 15 heavy (non-hydrogen) atoms. The van der Waals surface area contributed by atoms with E-state index in [9.17, 15) is 9.59 Å². The molecule has 5 heteroatoms. The molecule has 0 fully saturated rings. The fourth-order valence-corrected chi connectivity index (χ4v) is 1.01. The van der Waals surface area contributed by atoms with Crippen molar-refractivity contribution in [2.45, 2.75) is 0 Å². The van der Waals surface area contributed by atoms with Gasteiger partial charge in [0.05, 0.1) is 12.2 Å². The highest BCUT2D eigenvalue weighted by Gasteiger charge is 2.13. The van der Waals surface area contributed by atoms with E-state index in [-0.39, 0.29) is 6.54 Å². The molecule has 0 spiro atoms. The van der Waals surface area contributed by atoms with Crippen molar-refractivity contribution in [1.29, 1.82) is 5.26 Å². The van der Waals surface area contributed by atoms with Crippen LogP contribution in [0.3, 0.4) is 0 Å². The second-order valence-electron chi connectivity index (χ2n) is 2.62. The molecule has 1 N–H and O–H groups in total. The molecule has 1 aromatic rings. The molecule has 0 radical (unpaired) electrons. The van der Waals surface area contributed by atoms with Gasteiger partial charge in [-0.05, 0) is 12.1 Å². The zero-order chi connectivity index (χ0) is 11.1. The third-order valence-electron chi connectivity index (χ3n) is 1.65. The Morgan fingerprint density at radius 1 is 1.47 bits per heavy atom. The number of hydrogen-bond acceptors (Lipinski definition) is 3. The van der Waals surface area contributed by atoms with Gasteiger partial charge in [0.2, 0.25) is 0 Å². The number of para-hydroxylation sites is 1. The van der Waals surface area contributed by atoms with Gasteiger partial charge in [-0.25, -0.2) is 4.79 Å². The molecule has 0 saturated heterocycles. The fraction of sp³-hybridized carbons (Fsp3) is 0.100. The summed E-state index contributed by atoms with van der Waals surface area (Å²) in [6.07, 6.45) is 2.29. The Labute approximate surface area is 86.9 Å². The minimum atomic E-state index is -0.615. The normalized spacial score (nSPS) is 8.73. The standard InChI is InChI=1S/C10H9N3O2/c11-8-13(10(15)12-6-7-14)9-4-2-1-3-5-9/h1-5,7H,6H2,(H,12,15). The Hall–Kier alpha value is -2.35. The second kappa shape index (κ2) is 5.40. The molecule has 0 saturated carbocycles. The van der Waals surface area contributed by atoms with E-state index in [0.717, 1.165) is 4.90 Å². The molecule has 0 aromatic heterocycles. The van der Waals surface area contributed by atoms with Crippen LogP contribution in [-0.2, 0) is 4.79 Å². The highest BCUT2D eigenvalue weighted by atomic mass is 16.2. The van der Waals surface area contributed by atoms with Gasteiger partial charge in [-0.2, -0.15) is 10.2 Å². The summed E-state index contributed by atoms with van der Waals surface area (Å²) in [5.74, 6) is 0. The summed E-state index contributed by atoms with van der Waals surface area (Å²) in [5.41, 5.74) is 0.461. The first-order valence-corrected chi connectivity index (χ1v) is 4.26. The zero-order valence-corrected chi connectivity index (χ0v) is 7.88. The Kier molecular flexibility index (Phi) is 3.86. The maximum absolute atomic E-state index is 11.4. The van der Waals surface area contributed by atoms with Crippen LogP contribution in [0.15, 0.2) is 30.3 Å². The summed E-state index contributed by atoms with van der Waals surface area (Å²) in [7, 11) is 0. The predicted molar refractivity (Wildman–Crippen MR) is 54.0 cm³/mol. The van der Waals surface area contributed by atoms with Gasteiger partial charge in [0.1, 0.15) is 6.29 Å². The average molecular weight is 203 g/mol. The summed E-state index contributed by atoms with van der Waals surface area (Å²) in [6, 6.07) is 7.85. The van der Waals surface area contributed by atoms with E-state index in [1.807, 2.05) is 0 Å². The van der Waals surface area contributed by atoms with E-state index in [2.05, 4.69) is 5.32 Å². The molecule has 0 aliphatic heterocycles. The van der Waals surface area contributed by atoms with Crippen LogP contribution in [0.2, 0.25) is 0 Å². The lowest BCUT2D eigenvalue weighted by atomic mass is 10.3. The van der Waals surface area contributed by atoms with Gasteiger partial charge in [0.25, 0.3) is 0 Å². The van der Waals surface area contributed by atoms with Crippen molar-refractivity contribution in [3.8, 4) is 6.19 Å². The number of nitriles is 1. The van der Waals surface area contributed by atoms with Gasteiger partial charge in [-0.3, -0.25) is 0 Å². The first-order chi connectivity index (χ1) is 7.29. The molecular formula is C10H9N3O2. The smallest absolute Gasteiger partial charge is 0.330 e. The van der Waals surface area contributed by atoms with Gasteiger partial charge in [-0.15, -0.1) is 0 Å². The third kappa shape index (κ3) is 2.81. The first-order valence-electron chi connectivity index (χ1n) is 4.26. The molecule has 0 atom stereocenters. The summed E-state index contributed by atoms with van der Waals surface area (Å²) in [4.78, 5) is 22.3. The predicted octanol–water partition coefficient (Wildman–Crippen LogP) is 0.883. The average Bonchev–Trinajstić information content (AvgIpc) is 2.29. The number of hydrogen-bond donors (Lipinski definition) is 1. The van der Waals surface area contributed by atoms with Crippen molar-refractivity contribution in [2.75, 3.05) is 11.4 Å². The number of nitrogens with zero attached hydrogens (tertiary/aromatic N) is 2. The Balaban J connectivity index is 2.77. The van der Waals surface area contributed by atoms with Crippen molar-refractivity contribution < 1.29 is 9.59 Å². The van der Waals surface area contributed by atoms with Crippen molar-refractivity contribution in [3.63, 3.8) is 0 Å². The van der Waals surface area contributed by atoms with Gasteiger partial charge in [-0.1, -0.05) is 18.2 Å². The number of carbonyl (C=O) groups is 2. The van der Waals surface area contributed by atoms with E-state index in [0.29, 0.717) is 12.0 Å². The number of benzene rings is 1. The summed E-state index contributed by atoms with van der Waals surface area (Å²) < 4.78 is 0. The number of urea groups is 1. The quantitative estimate of drug-likeness (QED) is 0.450. The van der Waals surface area contributed by atoms with Crippen LogP contribution in [0.5, 0.6) is 0 Å². The molecule has 0 heterocycles. The molecule has 0 unspecified atom stereocenters. The lowest BCUT2D eigenvalue weighted by molar-refractivity contribution is -0.107. The molecule has 0 aliphatic rings. The highest BCUT2D eigenvalue weighted by Crippen LogP contribution is 2.11. The molecule has 2 amide bonds. The minimum Gasteiger partial charge on any atom is -0.330 e. The third-order valence-corrected chi connectivity index (χ3v) is 1.65. The maximum atomic E-state index is 11.4. The van der Waals surface area contributed by atoms with Gasteiger partial charge in [0.15, 0.2) is 6.19 Å². The SMILES string of the molecule is N#CN(C(=O)NCC=O)c1ccccc1. The number of amides is 2. The van der Waals surface area contributed by atoms with E-state index in [1.165, 1.54) is 0 Å². The van der Waals surface area contributed by atoms with Crippen LogP contribution in [0.4, 0.5) is 10.5 Å². The summed E-state index contributed by atoms with van der Waals surface area (Å²) >= 11 is 0. The van der Waals surface area contributed by atoms with E-state index < -0.39 is 6.03 Å².